The van der Waals surface area contributed by atoms with E-state index in [0.29, 0.717) is 15.6 Å². The smallest absolute Gasteiger partial charge is 0.340 e. The van der Waals surface area contributed by atoms with Gasteiger partial charge in [0.1, 0.15) is 6.61 Å². The number of rotatable bonds is 3. The minimum Gasteiger partial charge on any atom is -0.456 e. The summed E-state index contributed by atoms with van der Waals surface area (Å²) in [6.45, 7) is 2.04. The Kier molecular flexibility index (Phi) is 3.89. The van der Waals surface area contributed by atoms with Crippen LogP contribution in [0.1, 0.15) is 20.8 Å². The van der Waals surface area contributed by atoms with Crippen LogP contribution < -0.4 is 5.73 Å². The van der Waals surface area contributed by atoms with E-state index in [1.54, 1.807) is 18.2 Å². The van der Waals surface area contributed by atoms with Gasteiger partial charge in [-0.05, 0) is 30.7 Å². The maximum absolute atomic E-state index is 11.9. The van der Waals surface area contributed by atoms with Crippen LogP contribution in [0.15, 0.2) is 30.3 Å². The van der Waals surface area contributed by atoms with Crippen LogP contribution in [-0.2, 0) is 11.3 Å². The molecular weight excluding hydrogens is 270 g/mol. The van der Waals surface area contributed by atoms with Crippen LogP contribution in [0.3, 0.4) is 0 Å². The first-order valence-electron chi connectivity index (χ1n) is 5.34. The van der Waals surface area contributed by atoms with E-state index < -0.39 is 5.97 Å². The summed E-state index contributed by atoms with van der Waals surface area (Å²) in [6, 6.07) is 8.93. The number of nitrogen functional groups attached to an aromatic ring is 1. The molecule has 0 amide bonds. The Morgan fingerprint density at radius 1 is 1.39 bits per heavy atom. The number of carbonyl (C=O) groups is 1. The summed E-state index contributed by atoms with van der Waals surface area (Å²) in [5.41, 5.74) is 7.45. The van der Waals surface area contributed by atoms with Crippen molar-refractivity contribution in [1.82, 2.24) is 0 Å². The van der Waals surface area contributed by atoms with E-state index in [-0.39, 0.29) is 6.61 Å². The van der Waals surface area contributed by atoms with E-state index in [1.165, 1.54) is 11.3 Å². The van der Waals surface area contributed by atoms with Crippen LogP contribution in [-0.4, -0.2) is 5.97 Å². The molecule has 0 saturated carbocycles. The minimum atomic E-state index is -0.407. The lowest BCUT2D eigenvalue weighted by Gasteiger charge is -2.08. The number of thiophene rings is 1. The van der Waals surface area contributed by atoms with Crippen LogP contribution in [0, 0.1) is 6.92 Å². The zero-order valence-corrected chi connectivity index (χ0v) is 11.3. The highest BCUT2D eigenvalue weighted by Crippen LogP contribution is 2.23. The van der Waals surface area contributed by atoms with Gasteiger partial charge in [-0.25, -0.2) is 4.79 Å². The molecule has 2 N–H and O–H groups in total. The van der Waals surface area contributed by atoms with Gasteiger partial charge in [0.25, 0.3) is 0 Å². The summed E-state index contributed by atoms with van der Waals surface area (Å²) in [7, 11) is 0. The number of anilines is 1. The number of hydrogen-bond donors (Lipinski definition) is 1. The largest absolute Gasteiger partial charge is 0.456 e. The molecule has 0 aliphatic heterocycles. The fourth-order valence-electron chi connectivity index (χ4n) is 1.61. The topological polar surface area (TPSA) is 52.3 Å². The lowest BCUT2D eigenvalue weighted by Crippen LogP contribution is -2.09. The Bertz CT molecular complexity index is 560. The lowest BCUT2D eigenvalue weighted by molar-refractivity contribution is 0.0477. The van der Waals surface area contributed by atoms with Gasteiger partial charge in [-0.1, -0.05) is 23.7 Å². The van der Waals surface area contributed by atoms with Gasteiger partial charge in [-0.15, -0.1) is 11.3 Å². The van der Waals surface area contributed by atoms with Gasteiger partial charge in [0, 0.05) is 10.6 Å². The van der Waals surface area contributed by atoms with E-state index in [4.69, 9.17) is 22.1 Å². The Morgan fingerprint density at radius 3 is 2.78 bits per heavy atom. The van der Waals surface area contributed by atoms with E-state index in [9.17, 15) is 4.79 Å². The first-order valence-corrected chi connectivity index (χ1v) is 6.54. The number of esters is 1. The van der Waals surface area contributed by atoms with Gasteiger partial charge >= 0.3 is 5.97 Å². The van der Waals surface area contributed by atoms with Crippen molar-refractivity contribution in [2.24, 2.45) is 0 Å². The molecule has 0 aliphatic rings. The summed E-state index contributed by atoms with van der Waals surface area (Å²) >= 11 is 7.19. The Balaban J connectivity index is 2.08. The van der Waals surface area contributed by atoms with E-state index in [1.807, 2.05) is 19.1 Å². The van der Waals surface area contributed by atoms with Gasteiger partial charge in [0.2, 0.25) is 0 Å². The highest BCUT2D eigenvalue weighted by Gasteiger charge is 2.14. The number of carbonyl (C=O) groups excluding carboxylic acids is 1. The average Bonchev–Trinajstić information content (AvgIpc) is 2.72. The molecular formula is C13H12ClNO2S. The molecule has 0 bridgehead atoms. The number of ether oxygens (including phenoxy) is 1. The molecule has 3 nitrogen and oxygen atoms in total. The normalized spacial score (nSPS) is 10.3. The summed E-state index contributed by atoms with van der Waals surface area (Å²) in [6.07, 6.45) is 0. The standard InChI is InChI=1S/C13H12ClNO2S/c1-8-3-2-4-10(15)12(8)13(16)17-7-9-5-6-11(14)18-9/h2-6H,7,15H2,1H3. The van der Waals surface area contributed by atoms with Gasteiger partial charge in [0.05, 0.1) is 9.90 Å². The Labute approximate surface area is 114 Å². The van der Waals surface area contributed by atoms with E-state index in [2.05, 4.69) is 0 Å². The SMILES string of the molecule is Cc1cccc(N)c1C(=O)OCc1ccc(Cl)s1. The lowest BCUT2D eigenvalue weighted by atomic mass is 10.1. The molecule has 0 atom stereocenters. The highest BCUT2D eigenvalue weighted by molar-refractivity contribution is 7.16. The summed E-state index contributed by atoms with van der Waals surface area (Å²) < 4.78 is 5.90. The quantitative estimate of drug-likeness (QED) is 0.690. The Hall–Kier alpha value is -1.52. The molecule has 0 aliphatic carbocycles. The van der Waals surface area contributed by atoms with Crippen LogP contribution in [0.4, 0.5) is 5.69 Å². The van der Waals surface area contributed by atoms with Crippen molar-refractivity contribution >= 4 is 34.6 Å². The summed E-state index contributed by atoms with van der Waals surface area (Å²) in [5, 5.41) is 0. The number of benzene rings is 1. The second kappa shape index (κ2) is 5.42. The summed E-state index contributed by atoms with van der Waals surface area (Å²) in [5.74, 6) is -0.407. The van der Waals surface area contributed by atoms with Crippen molar-refractivity contribution in [1.29, 1.82) is 0 Å². The third-order valence-corrected chi connectivity index (χ3v) is 3.69. The minimum absolute atomic E-state index is 0.212. The van der Waals surface area contributed by atoms with Crippen molar-refractivity contribution in [2.75, 3.05) is 5.73 Å². The molecule has 18 heavy (non-hydrogen) atoms. The first kappa shape index (κ1) is 12.9. The third kappa shape index (κ3) is 2.83. The number of aryl methyl sites for hydroxylation is 1. The number of hydrogen-bond acceptors (Lipinski definition) is 4. The first-order chi connectivity index (χ1) is 8.58. The van der Waals surface area contributed by atoms with Crippen molar-refractivity contribution in [3.05, 3.63) is 50.7 Å². The Morgan fingerprint density at radius 2 is 2.17 bits per heavy atom. The van der Waals surface area contributed by atoms with Gasteiger partial charge < -0.3 is 10.5 Å². The van der Waals surface area contributed by atoms with Gasteiger partial charge in [0.15, 0.2) is 0 Å². The fourth-order valence-corrected chi connectivity index (χ4v) is 2.61. The average molecular weight is 282 g/mol. The molecule has 5 heteroatoms. The van der Waals surface area contributed by atoms with Gasteiger partial charge in [-0.2, -0.15) is 0 Å². The molecule has 1 aromatic carbocycles. The zero-order chi connectivity index (χ0) is 13.1. The molecule has 94 valence electrons. The molecule has 0 fully saturated rings. The molecule has 0 radical (unpaired) electrons. The second-order valence-electron chi connectivity index (χ2n) is 3.82. The van der Waals surface area contributed by atoms with Crippen molar-refractivity contribution < 1.29 is 9.53 Å². The van der Waals surface area contributed by atoms with Crippen molar-refractivity contribution in [3.63, 3.8) is 0 Å². The van der Waals surface area contributed by atoms with Gasteiger partial charge in [-0.3, -0.25) is 0 Å². The van der Waals surface area contributed by atoms with Crippen LogP contribution >= 0.6 is 22.9 Å². The second-order valence-corrected chi connectivity index (χ2v) is 5.62. The van der Waals surface area contributed by atoms with Crippen LogP contribution in [0.5, 0.6) is 0 Å². The molecule has 0 saturated heterocycles. The van der Waals surface area contributed by atoms with Crippen LogP contribution in [0.2, 0.25) is 4.34 Å². The molecule has 1 aromatic heterocycles. The molecule has 0 unspecified atom stereocenters. The zero-order valence-electron chi connectivity index (χ0n) is 9.77. The third-order valence-electron chi connectivity index (χ3n) is 2.48. The number of nitrogens with two attached hydrogens (primary N) is 1. The highest BCUT2D eigenvalue weighted by atomic mass is 35.5. The predicted octanol–water partition coefficient (Wildman–Crippen LogP) is 3.65. The monoisotopic (exact) mass is 281 g/mol. The van der Waals surface area contributed by atoms with Crippen molar-refractivity contribution in [3.8, 4) is 0 Å². The van der Waals surface area contributed by atoms with Crippen LogP contribution in [0.25, 0.3) is 0 Å². The molecule has 2 aromatic rings. The number of halogens is 1. The fraction of sp³-hybridized carbons (Fsp3) is 0.154. The van der Waals surface area contributed by atoms with E-state index in [0.717, 1.165) is 10.4 Å². The van der Waals surface area contributed by atoms with Crippen molar-refractivity contribution in [2.45, 2.75) is 13.5 Å². The summed E-state index contributed by atoms with van der Waals surface area (Å²) in [4.78, 5) is 12.8. The molecule has 2 rings (SSSR count). The van der Waals surface area contributed by atoms with E-state index >= 15 is 0 Å². The maximum atomic E-state index is 11.9. The molecule has 0 spiro atoms. The maximum Gasteiger partial charge on any atom is 0.340 e. The predicted molar refractivity (Wildman–Crippen MR) is 74.0 cm³/mol. The molecule has 1 heterocycles.